The maximum atomic E-state index is 12.2. The number of hydrogen-bond acceptors (Lipinski definition) is 3. The maximum absolute atomic E-state index is 12.2. The molecule has 0 saturated carbocycles. The molecule has 5 heteroatoms. The quantitative estimate of drug-likeness (QED) is 0.161. The van der Waals surface area contributed by atoms with Crippen molar-refractivity contribution in [2.75, 3.05) is 0 Å². The van der Waals surface area contributed by atoms with Gasteiger partial charge in [-0.3, -0.25) is 0 Å². The molecular formula is C48H44N2O3. The lowest BCUT2D eigenvalue weighted by atomic mass is 9.79. The van der Waals surface area contributed by atoms with E-state index in [0.717, 1.165) is 86.1 Å². The smallest absolute Gasteiger partial charge is 0.163 e. The first-order chi connectivity index (χ1) is 25.8. The Morgan fingerprint density at radius 2 is 1.08 bits per heavy atom. The predicted molar refractivity (Wildman–Crippen MR) is 211 cm³/mol. The molecule has 5 heterocycles. The van der Waals surface area contributed by atoms with Crippen LogP contribution in [0.2, 0.25) is 0 Å². The Bertz CT molecular complexity index is 2390. The second-order valence-electron chi connectivity index (χ2n) is 14.9. The van der Waals surface area contributed by atoms with E-state index in [2.05, 4.69) is 159 Å². The molecule has 0 spiro atoms. The summed E-state index contributed by atoms with van der Waals surface area (Å²) in [5, 5.41) is 12.2. The van der Waals surface area contributed by atoms with Crippen molar-refractivity contribution in [3.8, 4) is 0 Å². The lowest BCUT2D eigenvalue weighted by molar-refractivity contribution is -0.125. The van der Waals surface area contributed by atoms with Crippen LogP contribution in [0.3, 0.4) is 0 Å². The van der Waals surface area contributed by atoms with Crippen molar-refractivity contribution in [3.05, 3.63) is 212 Å². The number of benzene rings is 4. The molecule has 3 aliphatic heterocycles. The summed E-state index contributed by atoms with van der Waals surface area (Å²) in [5.41, 5.74) is 13.5. The normalized spacial score (nSPS) is 25.1. The molecular weight excluding hydrogens is 653 g/mol. The van der Waals surface area contributed by atoms with Crippen LogP contribution in [0.4, 0.5) is 0 Å². The average molecular weight is 697 g/mol. The number of aryl methyl sites for hydroxylation is 4. The van der Waals surface area contributed by atoms with E-state index >= 15 is 0 Å². The van der Waals surface area contributed by atoms with E-state index in [0.29, 0.717) is 0 Å². The third-order valence-corrected chi connectivity index (χ3v) is 11.2. The number of rotatable bonds is 4. The van der Waals surface area contributed by atoms with Crippen LogP contribution in [0.15, 0.2) is 145 Å². The zero-order valence-electron chi connectivity index (χ0n) is 30.6. The van der Waals surface area contributed by atoms with Crippen LogP contribution in [0.5, 0.6) is 0 Å². The number of nitrogens with one attached hydrogen (secondary N) is 2. The summed E-state index contributed by atoms with van der Waals surface area (Å²) in [7, 11) is 0. The van der Waals surface area contributed by atoms with Gasteiger partial charge < -0.3 is 24.5 Å². The van der Waals surface area contributed by atoms with Gasteiger partial charge in [0.1, 0.15) is 17.6 Å². The Morgan fingerprint density at radius 1 is 0.566 bits per heavy atom. The van der Waals surface area contributed by atoms with Gasteiger partial charge in [0.05, 0.1) is 17.7 Å². The summed E-state index contributed by atoms with van der Waals surface area (Å²) in [6.07, 6.45) is 4.08. The van der Waals surface area contributed by atoms with E-state index < -0.39 is 17.8 Å². The molecule has 0 radical (unpaired) electrons. The number of fused-ring (bicyclic) bond motifs is 9. The lowest BCUT2D eigenvalue weighted by Crippen LogP contribution is -2.49. The van der Waals surface area contributed by atoms with Crippen LogP contribution < -0.4 is 0 Å². The van der Waals surface area contributed by atoms with Crippen LogP contribution >= 0.6 is 0 Å². The highest BCUT2D eigenvalue weighted by atomic mass is 16.5. The number of aromatic amines is 2. The fraction of sp³-hybridized carbons (Fsp3) is 0.208. The van der Waals surface area contributed by atoms with E-state index in [-0.39, 0.29) is 5.92 Å². The van der Waals surface area contributed by atoms with Crippen LogP contribution in [-0.2, 0) is 15.1 Å². The van der Waals surface area contributed by atoms with Gasteiger partial charge in [-0.05, 0) is 74.2 Å². The molecule has 1 saturated heterocycles. The Hall–Kier alpha value is -5.62. The van der Waals surface area contributed by atoms with Crippen molar-refractivity contribution in [2.24, 2.45) is 0 Å². The summed E-state index contributed by atoms with van der Waals surface area (Å²) in [6.45, 7) is 8.42. The van der Waals surface area contributed by atoms with E-state index in [4.69, 9.17) is 9.47 Å². The molecule has 0 amide bonds. The first-order valence-corrected chi connectivity index (χ1v) is 18.6. The Kier molecular flexibility index (Phi) is 8.22. The minimum absolute atomic E-state index is 0.206. The number of aliphatic hydroxyl groups is 1. The number of aromatic nitrogens is 2. The van der Waals surface area contributed by atoms with Crippen molar-refractivity contribution < 1.29 is 14.6 Å². The minimum atomic E-state index is -1.22. The van der Waals surface area contributed by atoms with E-state index in [9.17, 15) is 5.11 Å². The maximum Gasteiger partial charge on any atom is 0.163 e. The molecule has 8 bridgehead atoms. The standard InChI is InChI=1S/C48H44N2O3/c1-29-5-13-33(14-6-29)45-37-21-22-38(49-37)47(35-17-9-31(3)10-18-35)42-26-28-44(51)48(53-42,36-19-11-32(4)12-20-36)43-27-23-39(50-43)46(41-25-24-40(45)52-41)34-15-7-30(2)8-16-34/h5-23,26-28,42,44,47,49-51H,24-25H2,1-4H3/b45-40-,46-41-/t42?,44?,47?,48-/m0/s1. The number of allylic oxidation sites excluding steroid dienone is 2. The van der Waals surface area contributed by atoms with Gasteiger partial charge in [-0.2, -0.15) is 0 Å². The highest BCUT2D eigenvalue weighted by Gasteiger charge is 2.49. The molecule has 2 aromatic heterocycles. The third-order valence-electron chi connectivity index (χ3n) is 11.2. The van der Waals surface area contributed by atoms with Gasteiger partial charge >= 0.3 is 0 Å². The SMILES string of the molecule is Cc1ccc(/C2=C3\CC/C(=C(\c4ccc(C)cc4)c4ccc([nH]4)[C@]4(c5ccc(C)cc5)OC(C=CC4O)C(c4ccc(C)cc4)c4ccc2[nH]4)O3)cc1. The topological polar surface area (TPSA) is 70.3 Å². The summed E-state index contributed by atoms with van der Waals surface area (Å²) in [5.74, 6) is 1.65. The van der Waals surface area contributed by atoms with Gasteiger partial charge in [-0.1, -0.05) is 131 Å². The van der Waals surface area contributed by atoms with Gasteiger partial charge in [-0.25, -0.2) is 0 Å². The second-order valence-corrected chi connectivity index (χ2v) is 14.9. The summed E-state index contributed by atoms with van der Waals surface area (Å²) in [6, 6.07) is 43.0. The fourth-order valence-electron chi connectivity index (χ4n) is 8.29. The Morgan fingerprint density at radius 3 is 1.66 bits per heavy atom. The predicted octanol–water partition coefficient (Wildman–Crippen LogP) is 10.3. The molecule has 6 aromatic rings. The van der Waals surface area contributed by atoms with Gasteiger partial charge in [-0.15, -0.1) is 0 Å². The second kappa shape index (κ2) is 13.1. The molecule has 3 unspecified atom stereocenters. The summed E-state index contributed by atoms with van der Waals surface area (Å²) in [4.78, 5) is 7.68. The van der Waals surface area contributed by atoms with Gasteiger partial charge in [0.25, 0.3) is 0 Å². The van der Waals surface area contributed by atoms with Crippen molar-refractivity contribution in [2.45, 2.75) is 64.3 Å². The van der Waals surface area contributed by atoms with Crippen molar-refractivity contribution in [3.63, 3.8) is 0 Å². The number of hydrogen-bond donors (Lipinski definition) is 3. The van der Waals surface area contributed by atoms with Crippen LogP contribution in [0, 0.1) is 27.7 Å². The van der Waals surface area contributed by atoms with E-state index in [1.165, 1.54) is 16.7 Å². The molecule has 4 aromatic carbocycles. The first kappa shape index (κ1) is 33.2. The van der Waals surface area contributed by atoms with Crippen molar-refractivity contribution >= 4 is 11.1 Å². The molecule has 3 aliphatic rings. The molecule has 1 fully saturated rings. The van der Waals surface area contributed by atoms with Gasteiger partial charge in [0.2, 0.25) is 0 Å². The van der Waals surface area contributed by atoms with Crippen molar-refractivity contribution in [1.82, 2.24) is 9.97 Å². The van der Waals surface area contributed by atoms with Gasteiger partial charge in [0.15, 0.2) is 5.60 Å². The first-order valence-electron chi connectivity index (χ1n) is 18.6. The largest absolute Gasteiger partial charge is 0.465 e. The molecule has 53 heavy (non-hydrogen) atoms. The zero-order chi connectivity index (χ0) is 36.3. The molecule has 9 rings (SSSR count). The van der Waals surface area contributed by atoms with Crippen LogP contribution in [0.1, 0.15) is 86.0 Å². The fourth-order valence-corrected chi connectivity index (χ4v) is 8.29. The third kappa shape index (κ3) is 5.81. The zero-order valence-corrected chi connectivity index (χ0v) is 30.6. The molecule has 264 valence electrons. The van der Waals surface area contributed by atoms with Crippen molar-refractivity contribution in [1.29, 1.82) is 0 Å². The monoisotopic (exact) mass is 696 g/mol. The highest BCUT2D eigenvalue weighted by Crippen LogP contribution is 2.47. The number of ether oxygens (including phenoxy) is 2. The molecule has 5 nitrogen and oxygen atoms in total. The number of aliphatic hydroxyl groups excluding tert-OH is 1. The molecule has 4 atom stereocenters. The average Bonchev–Trinajstić information content (AvgIpc) is 3.95. The van der Waals surface area contributed by atoms with Gasteiger partial charge in [0, 0.05) is 41.1 Å². The minimum Gasteiger partial charge on any atom is -0.465 e. The summed E-state index contributed by atoms with van der Waals surface area (Å²) < 4.78 is 14.5. The highest BCUT2D eigenvalue weighted by molar-refractivity contribution is 5.83. The summed E-state index contributed by atoms with van der Waals surface area (Å²) >= 11 is 0. The van der Waals surface area contributed by atoms with Crippen LogP contribution in [0.25, 0.3) is 11.1 Å². The van der Waals surface area contributed by atoms with E-state index in [1.807, 2.05) is 12.2 Å². The van der Waals surface area contributed by atoms with E-state index in [1.54, 1.807) is 0 Å². The molecule has 0 aliphatic carbocycles. The molecule has 3 N–H and O–H groups in total. The number of H-pyrrole nitrogens is 2. The Balaban J connectivity index is 1.33. The Labute approximate surface area is 311 Å². The lowest BCUT2D eigenvalue weighted by Gasteiger charge is -2.44. The van der Waals surface area contributed by atoms with Crippen LogP contribution in [-0.4, -0.2) is 27.3 Å².